The molecule has 1 spiro atoms. The van der Waals surface area contributed by atoms with Crippen LogP contribution in [0.5, 0.6) is 0 Å². The fraction of sp³-hybridized carbons (Fsp3) is 0.435. The Labute approximate surface area is 162 Å². The highest BCUT2D eigenvalue weighted by Crippen LogP contribution is 2.34. The van der Waals surface area contributed by atoms with Crippen LogP contribution < -0.4 is 5.32 Å². The molecule has 0 bridgehead atoms. The normalized spacial score (nSPS) is 19.9. The van der Waals surface area contributed by atoms with Crippen molar-refractivity contribution in [1.82, 2.24) is 9.80 Å². The molecule has 1 fully saturated rings. The van der Waals surface area contributed by atoms with E-state index in [1.54, 1.807) is 0 Å². The Morgan fingerprint density at radius 2 is 1.74 bits per heavy atom. The molecule has 1 saturated heterocycles. The number of anilines is 1. The Bertz CT molecular complexity index is 824. The topological polar surface area (TPSA) is 35.6 Å². The van der Waals surface area contributed by atoms with Crippen LogP contribution in [0, 0.1) is 6.92 Å². The van der Waals surface area contributed by atoms with E-state index in [2.05, 4.69) is 65.7 Å². The summed E-state index contributed by atoms with van der Waals surface area (Å²) >= 11 is 0. The van der Waals surface area contributed by atoms with E-state index in [0.29, 0.717) is 13.0 Å². The minimum absolute atomic E-state index is 0.135. The summed E-state index contributed by atoms with van der Waals surface area (Å²) in [5.41, 5.74) is 5.01. The smallest absolute Gasteiger partial charge is 0.224 e. The Hall–Kier alpha value is -2.33. The van der Waals surface area contributed by atoms with Gasteiger partial charge in [-0.2, -0.15) is 0 Å². The molecule has 0 radical (unpaired) electrons. The maximum Gasteiger partial charge on any atom is 0.224 e. The van der Waals surface area contributed by atoms with Crippen LogP contribution in [0.4, 0.5) is 5.69 Å². The Balaban J connectivity index is 1.51. The van der Waals surface area contributed by atoms with Crippen molar-refractivity contribution in [3.05, 3.63) is 65.2 Å². The standard InChI is InChI=1S/C23H29N3O/c1-18-7-3-4-8-19(18)17-26-13-11-23(12-14-26)15-22(27)25(2)16-20-9-5-6-10-21(20)24-23/h3-10,24H,11-17H2,1-2H3. The largest absolute Gasteiger partial charge is 0.379 e. The number of likely N-dealkylation sites (tertiary alicyclic amines) is 1. The van der Waals surface area contributed by atoms with Gasteiger partial charge < -0.3 is 10.2 Å². The van der Waals surface area contributed by atoms with Gasteiger partial charge in [0.05, 0.1) is 0 Å². The highest BCUT2D eigenvalue weighted by molar-refractivity contribution is 5.79. The van der Waals surface area contributed by atoms with E-state index in [-0.39, 0.29) is 11.4 Å². The fourth-order valence-corrected chi connectivity index (χ4v) is 4.35. The van der Waals surface area contributed by atoms with Crippen LogP contribution in [-0.2, 0) is 17.9 Å². The molecule has 4 nitrogen and oxygen atoms in total. The number of nitrogens with one attached hydrogen (secondary N) is 1. The number of para-hydroxylation sites is 1. The Morgan fingerprint density at radius 1 is 1.04 bits per heavy atom. The molecule has 0 aliphatic carbocycles. The van der Waals surface area contributed by atoms with Crippen molar-refractivity contribution in [1.29, 1.82) is 0 Å². The predicted molar refractivity (Wildman–Crippen MR) is 110 cm³/mol. The maximum absolute atomic E-state index is 12.7. The number of carbonyl (C=O) groups is 1. The number of piperidine rings is 1. The van der Waals surface area contributed by atoms with Crippen LogP contribution >= 0.6 is 0 Å². The number of fused-ring (bicyclic) bond motifs is 1. The molecule has 0 atom stereocenters. The summed E-state index contributed by atoms with van der Waals surface area (Å²) in [6.07, 6.45) is 2.57. The van der Waals surface area contributed by atoms with Gasteiger partial charge in [-0.3, -0.25) is 9.69 Å². The summed E-state index contributed by atoms with van der Waals surface area (Å²) < 4.78 is 0. The first-order valence-corrected chi connectivity index (χ1v) is 9.92. The second-order valence-corrected chi connectivity index (χ2v) is 8.19. The van der Waals surface area contributed by atoms with Crippen molar-refractivity contribution in [3.8, 4) is 0 Å². The second-order valence-electron chi connectivity index (χ2n) is 8.19. The van der Waals surface area contributed by atoms with Gasteiger partial charge in [0.1, 0.15) is 0 Å². The number of nitrogens with zero attached hydrogens (tertiary/aromatic N) is 2. The summed E-state index contributed by atoms with van der Waals surface area (Å²) in [4.78, 5) is 17.1. The molecule has 2 aromatic rings. The van der Waals surface area contributed by atoms with Gasteiger partial charge in [0.15, 0.2) is 0 Å². The summed E-state index contributed by atoms with van der Waals surface area (Å²) in [5.74, 6) is 0.240. The molecular formula is C23H29N3O. The van der Waals surface area contributed by atoms with Gasteiger partial charge in [0, 0.05) is 50.9 Å². The lowest BCUT2D eigenvalue weighted by Crippen LogP contribution is -2.52. The summed E-state index contributed by atoms with van der Waals surface area (Å²) in [7, 11) is 1.92. The molecule has 2 heterocycles. The molecule has 1 amide bonds. The van der Waals surface area contributed by atoms with E-state index in [9.17, 15) is 4.79 Å². The number of amides is 1. The molecular weight excluding hydrogens is 334 g/mol. The highest BCUT2D eigenvalue weighted by atomic mass is 16.2. The number of aryl methyl sites for hydroxylation is 1. The van der Waals surface area contributed by atoms with E-state index < -0.39 is 0 Å². The maximum atomic E-state index is 12.7. The summed E-state index contributed by atoms with van der Waals surface area (Å²) in [5, 5.41) is 3.79. The van der Waals surface area contributed by atoms with E-state index in [1.165, 1.54) is 22.4 Å². The number of hydrogen-bond donors (Lipinski definition) is 1. The third-order valence-corrected chi connectivity index (χ3v) is 6.21. The lowest BCUT2D eigenvalue weighted by molar-refractivity contribution is -0.132. The van der Waals surface area contributed by atoms with Crippen molar-refractivity contribution in [2.24, 2.45) is 0 Å². The van der Waals surface area contributed by atoms with E-state index in [0.717, 1.165) is 32.5 Å². The lowest BCUT2D eigenvalue weighted by atomic mass is 9.82. The molecule has 0 saturated carbocycles. The van der Waals surface area contributed by atoms with Gasteiger partial charge in [-0.15, -0.1) is 0 Å². The van der Waals surface area contributed by atoms with Gasteiger partial charge in [0.2, 0.25) is 5.91 Å². The molecule has 2 aliphatic rings. The average Bonchev–Trinajstić information content (AvgIpc) is 2.66. The Morgan fingerprint density at radius 3 is 2.52 bits per heavy atom. The third-order valence-electron chi connectivity index (χ3n) is 6.21. The first-order valence-electron chi connectivity index (χ1n) is 9.92. The predicted octanol–water partition coefficient (Wildman–Crippen LogP) is 3.80. The van der Waals surface area contributed by atoms with Crippen LogP contribution in [0.15, 0.2) is 48.5 Å². The van der Waals surface area contributed by atoms with Crippen molar-refractivity contribution >= 4 is 11.6 Å². The molecule has 4 heteroatoms. The van der Waals surface area contributed by atoms with Gasteiger partial charge in [0.25, 0.3) is 0 Å². The number of benzene rings is 2. The zero-order valence-electron chi connectivity index (χ0n) is 16.4. The first-order chi connectivity index (χ1) is 13.0. The second kappa shape index (κ2) is 7.35. The van der Waals surface area contributed by atoms with Crippen molar-refractivity contribution in [3.63, 3.8) is 0 Å². The van der Waals surface area contributed by atoms with Crippen LogP contribution in [0.2, 0.25) is 0 Å². The van der Waals surface area contributed by atoms with E-state index >= 15 is 0 Å². The van der Waals surface area contributed by atoms with Gasteiger partial charge >= 0.3 is 0 Å². The number of rotatable bonds is 2. The molecule has 0 unspecified atom stereocenters. The van der Waals surface area contributed by atoms with Gasteiger partial charge in [-0.25, -0.2) is 0 Å². The molecule has 27 heavy (non-hydrogen) atoms. The van der Waals surface area contributed by atoms with Gasteiger partial charge in [-0.1, -0.05) is 42.5 Å². The molecule has 2 aliphatic heterocycles. The minimum Gasteiger partial charge on any atom is -0.379 e. The molecule has 142 valence electrons. The zero-order chi connectivity index (χ0) is 18.9. The van der Waals surface area contributed by atoms with Crippen LogP contribution in [0.25, 0.3) is 0 Å². The molecule has 2 aromatic carbocycles. The van der Waals surface area contributed by atoms with Crippen molar-refractivity contribution in [2.45, 2.75) is 44.8 Å². The Kier molecular flexibility index (Phi) is 4.92. The fourth-order valence-electron chi connectivity index (χ4n) is 4.35. The van der Waals surface area contributed by atoms with Gasteiger partial charge in [-0.05, 0) is 42.5 Å². The monoisotopic (exact) mass is 363 g/mol. The summed E-state index contributed by atoms with van der Waals surface area (Å²) in [6.45, 7) is 5.88. The lowest BCUT2D eigenvalue weighted by Gasteiger charge is -2.45. The quantitative estimate of drug-likeness (QED) is 0.881. The van der Waals surface area contributed by atoms with E-state index in [4.69, 9.17) is 0 Å². The molecule has 4 rings (SSSR count). The number of hydrogen-bond acceptors (Lipinski definition) is 3. The number of carbonyl (C=O) groups excluding carboxylic acids is 1. The average molecular weight is 364 g/mol. The highest BCUT2D eigenvalue weighted by Gasteiger charge is 2.38. The zero-order valence-corrected chi connectivity index (χ0v) is 16.4. The van der Waals surface area contributed by atoms with Crippen molar-refractivity contribution in [2.75, 3.05) is 25.5 Å². The van der Waals surface area contributed by atoms with Crippen molar-refractivity contribution < 1.29 is 4.79 Å². The van der Waals surface area contributed by atoms with E-state index in [1.807, 2.05) is 11.9 Å². The van der Waals surface area contributed by atoms with Crippen LogP contribution in [0.3, 0.4) is 0 Å². The third kappa shape index (κ3) is 3.86. The summed E-state index contributed by atoms with van der Waals surface area (Å²) in [6, 6.07) is 17.0. The first kappa shape index (κ1) is 18.1. The SMILES string of the molecule is Cc1ccccc1CN1CCC2(CC1)CC(=O)N(C)Cc1ccccc1N2. The van der Waals surface area contributed by atoms with Crippen LogP contribution in [0.1, 0.15) is 36.0 Å². The minimum atomic E-state index is -0.135. The van der Waals surface area contributed by atoms with Crippen LogP contribution in [-0.4, -0.2) is 41.4 Å². The molecule has 0 aromatic heterocycles. The molecule has 1 N–H and O–H groups in total.